The van der Waals surface area contributed by atoms with Gasteiger partial charge < -0.3 is 9.47 Å². The number of ether oxygens (including phenoxy) is 2. The highest BCUT2D eigenvalue weighted by molar-refractivity contribution is 5.78. The molecule has 0 aromatic rings. The minimum Gasteiger partial charge on any atom is -0.468 e. The molecule has 1 aliphatic rings. The summed E-state index contributed by atoms with van der Waals surface area (Å²) in [6, 6.07) is -0.260. The molecule has 1 fully saturated rings. The molecule has 5 nitrogen and oxygen atoms in total. The first-order valence-corrected chi connectivity index (χ1v) is 4.07. The van der Waals surface area contributed by atoms with Gasteiger partial charge in [-0.2, -0.15) is 0 Å². The van der Waals surface area contributed by atoms with Gasteiger partial charge in [-0.25, -0.2) is 0 Å². The SMILES string of the molecule is COC(=O)CN1CCC1C(=O)OC. The van der Waals surface area contributed by atoms with E-state index < -0.39 is 0 Å². The number of hydrogen-bond donors (Lipinski definition) is 0. The molecule has 1 atom stereocenters. The first kappa shape index (κ1) is 9.98. The van der Waals surface area contributed by atoms with Crippen molar-refractivity contribution in [2.45, 2.75) is 12.5 Å². The van der Waals surface area contributed by atoms with Gasteiger partial charge in [0.25, 0.3) is 0 Å². The fraction of sp³-hybridized carbons (Fsp3) is 0.750. The van der Waals surface area contributed by atoms with E-state index in [1.807, 2.05) is 0 Å². The maximum Gasteiger partial charge on any atom is 0.323 e. The molecule has 5 heteroatoms. The van der Waals surface area contributed by atoms with Crippen molar-refractivity contribution in [3.63, 3.8) is 0 Å². The van der Waals surface area contributed by atoms with Gasteiger partial charge in [0.1, 0.15) is 6.04 Å². The van der Waals surface area contributed by atoms with Crippen LogP contribution >= 0.6 is 0 Å². The van der Waals surface area contributed by atoms with Crippen LogP contribution in [0.5, 0.6) is 0 Å². The second kappa shape index (κ2) is 4.23. The average molecular weight is 187 g/mol. The summed E-state index contributed by atoms with van der Waals surface area (Å²) in [4.78, 5) is 23.6. The maximum atomic E-state index is 11.1. The van der Waals surface area contributed by atoms with Crippen LogP contribution in [0.15, 0.2) is 0 Å². The highest BCUT2D eigenvalue weighted by atomic mass is 16.5. The lowest BCUT2D eigenvalue weighted by Crippen LogP contribution is -2.54. The Morgan fingerprint density at radius 1 is 1.38 bits per heavy atom. The van der Waals surface area contributed by atoms with Gasteiger partial charge in [-0.05, 0) is 6.42 Å². The molecule has 1 rings (SSSR count). The fourth-order valence-corrected chi connectivity index (χ4v) is 1.26. The van der Waals surface area contributed by atoms with Crippen molar-refractivity contribution in [3.8, 4) is 0 Å². The van der Waals surface area contributed by atoms with Crippen molar-refractivity contribution in [1.82, 2.24) is 4.90 Å². The highest BCUT2D eigenvalue weighted by Gasteiger charge is 2.36. The Hall–Kier alpha value is -1.10. The summed E-state index contributed by atoms with van der Waals surface area (Å²) in [5.41, 5.74) is 0. The number of hydrogen-bond acceptors (Lipinski definition) is 5. The van der Waals surface area contributed by atoms with Crippen molar-refractivity contribution >= 4 is 11.9 Å². The van der Waals surface area contributed by atoms with E-state index >= 15 is 0 Å². The number of carbonyl (C=O) groups excluding carboxylic acids is 2. The van der Waals surface area contributed by atoms with E-state index in [2.05, 4.69) is 9.47 Å². The van der Waals surface area contributed by atoms with E-state index in [1.54, 1.807) is 4.90 Å². The van der Waals surface area contributed by atoms with Crippen LogP contribution in [0.1, 0.15) is 6.42 Å². The summed E-state index contributed by atoms with van der Waals surface area (Å²) in [5.74, 6) is -0.608. The Balaban J connectivity index is 2.36. The Morgan fingerprint density at radius 2 is 2.08 bits per heavy atom. The van der Waals surface area contributed by atoms with Crippen LogP contribution < -0.4 is 0 Å². The summed E-state index contributed by atoms with van der Waals surface area (Å²) < 4.78 is 9.05. The summed E-state index contributed by atoms with van der Waals surface area (Å²) in [7, 11) is 2.67. The summed E-state index contributed by atoms with van der Waals surface area (Å²) >= 11 is 0. The van der Waals surface area contributed by atoms with Gasteiger partial charge in [-0.3, -0.25) is 14.5 Å². The molecule has 0 radical (unpaired) electrons. The van der Waals surface area contributed by atoms with Crippen LogP contribution in [0.4, 0.5) is 0 Å². The molecule has 1 heterocycles. The number of carbonyl (C=O) groups is 2. The van der Waals surface area contributed by atoms with Crippen molar-refractivity contribution in [3.05, 3.63) is 0 Å². The molecular weight excluding hydrogens is 174 g/mol. The lowest BCUT2D eigenvalue weighted by atomic mass is 10.0. The molecule has 0 amide bonds. The number of methoxy groups -OCH3 is 2. The molecule has 0 aromatic heterocycles. The second-order valence-corrected chi connectivity index (χ2v) is 2.87. The quantitative estimate of drug-likeness (QED) is 0.552. The Labute approximate surface area is 76.6 Å². The third-order valence-electron chi connectivity index (χ3n) is 2.16. The van der Waals surface area contributed by atoms with Gasteiger partial charge in [-0.15, -0.1) is 0 Å². The van der Waals surface area contributed by atoms with Crippen molar-refractivity contribution < 1.29 is 19.1 Å². The molecule has 74 valence electrons. The summed E-state index contributed by atoms with van der Waals surface area (Å²) in [6.45, 7) is 0.908. The van der Waals surface area contributed by atoms with Crippen LogP contribution in [0.2, 0.25) is 0 Å². The molecule has 0 N–H and O–H groups in total. The minimum atomic E-state index is -0.325. The zero-order valence-corrected chi connectivity index (χ0v) is 7.78. The van der Waals surface area contributed by atoms with Crippen LogP contribution in [0.25, 0.3) is 0 Å². The number of esters is 2. The summed E-state index contributed by atoms with van der Waals surface area (Å²) in [6.07, 6.45) is 0.754. The third kappa shape index (κ3) is 2.18. The Bertz CT molecular complexity index is 216. The smallest absolute Gasteiger partial charge is 0.323 e. The van der Waals surface area contributed by atoms with Crippen LogP contribution in [0, 0.1) is 0 Å². The summed E-state index contributed by atoms with van der Waals surface area (Å²) in [5, 5.41) is 0. The normalized spacial score (nSPS) is 21.8. The van der Waals surface area contributed by atoms with Gasteiger partial charge >= 0.3 is 11.9 Å². The zero-order valence-electron chi connectivity index (χ0n) is 7.78. The molecule has 0 bridgehead atoms. The van der Waals surface area contributed by atoms with E-state index in [4.69, 9.17) is 0 Å². The zero-order chi connectivity index (χ0) is 9.84. The average Bonchev–Trinajstić information content (AvgIpc) is 2.11. The van der Waals surface area contributed by atoms with E-state index in [0.717, 1.165) is 13.0 Å². The predicted octanol–water partition coefficient (Wildman–Crippen LogP) is -0.593. The first-order valence-electron chi connectivity index (χ1n) is 4.07. The Morgan fingerprint density at radius 3 is 2.46 bits per heavy atom. The van der Waals surface area contributed by atoms with E-state index in [1.165, 1.54) is 14.2 Å². The molecule has 1 saturated heterocycles. The molecule has 0 saturated carbocycles. The van der Waals surface area contributed by atoms with E-state index in [9.17, 15) is 9.59 Å². The van der Waals surface area contributed by atoms with Crippen LogP contribution in [-0.2, 0) is 19.1 Å². The molecule has 0 aromatic carbocycles. The van der Waals surface area contributed by atoms with E-state index in [-0.39, 0.29) is 24.5 Å². The topological polar surface area (TPSA) is 55.8 Å². The van der Waals surface area contributed by atoms with Gasteiger partial charge in [0.15, 0.2) is 0 Å². The largest absolute Gasteiger partial charge is 0.468 e. The van der Waals surface area contributed by atoms with Crippen molar-refractivity contribution in [1.29, 1.82) is 0 Å². The number of likely N-dealkylation sites (tertiary alicyclic amines) is 1. The standard InChI is InChI=1S/C8H13NO4/c1-12-7(10)5-9-4-3-6(9)8(11)13-2/h6H,3-5H2,1-2H3. The van der Waals surface area contributed by atoms with Crippen LogP contribution in [-0.4, -0.2) is 50.2 Å². The number of nitrogens with zero attached hydrogens (tertiary/aromatic N) is 1. The Kier molecular flexibility index (Phi) is 3.25. The molecule has 0 aliphatic carbocycles. The predicted molar refractivity (Wildman–Crippen MR) is 44.0 cm³/mol. The van der Waals surface area contributed by atoms with Gasteiger partial charge in [-0.1, -0.05) is 0 Å². The third-order valence-corrected chi connectivity index (χ3v) is 2.16. The van der Waals surface area contributed by atoms with Gasteiger partial charge in [0, 0.05) is 6.54 Å². The second-order valence-electron chi connectivity index (χ2n) is 2.87. The monoisotopic (exact) mass is 187 g/mol. The number of rotatable bonds is 3. The maximum absolute atomic E-state index is 11.1. The van der Waals surface area contributed by atoms with E-state index in [0.29, 0.717) is 0 Å². The fourth-order valence-electron chi connectivity index (χ4n) is 1.26. The van der Waals surface area contributed by atoms with Gasteiger partial charge in [0.2, 0.25) is 0 Å². The minimum absolute atomic E-state index is 0.163. The first-order chi connectivity index (χ1) is 6.19. The highest BCUT2D eigenvalue weighted by Crippen LogP contribution is 2.17. The lowest BCUT2D eigenvalue weighted by molar-refractivity contribution is -0.155. The molecule has 1 aliphatic heterocycles. The van der Waals surface area contributed by atoms with Crippen molar-refractivity contribution in [2.24, 2.45) is 0 Å². The molecule has 0 spiro atoms. The molecule has 13 heavy (non-hydrogen) atoms. The lowest BCUT2D eigenvalue weighted by Gasteiger charge is -2.37. The molecular formula is C8H13NO4. The molecule has 1 unspecified atom stereocenters. The van der Waals surface area contributed by atoms with Gasteiger partial charge in [0.05, 0.1) is 20.8 Å². The van der Waals surface area contributed by atoms with Crippen LogP contribution in [0.3, 0.4) is 0 Å². The van der Waals surface area contributed by atoms with Crippen molar-refractivity contribution in [2.75, 3.05) is 27.3 Å².